The van der Waals surface area contributed by atoms with Crippen LogP contribution in [0.25, 0.3) is 0 Å². The molecule has 1 aliphatic heterocycles. The molecule has 0 bridgehead atoms. The molecule has 0 unspecified atom stereocenters. The molecule has 1 aromatic carbocycles. The lowest BCUT2D eigenvalue weighted by atomic mass is 10.1. The van der Waals surface area contributed by atoms with Gasteiger partial charge in [-0.15, -0.1) is 0 Å². The molecule has 0 aliphatic carbocycles. The lowest BCUT2D eigenvalue weighted by molar-refractivity contribution is -0.158. The molecule has 2 atom stereocenters. The van der Waals surface area contributed by atoms with Crippen LogP contribution in [0.15, 0.2) is 30.3 Å². The van der Waals surface area contributed by atoms with Gasteiger partial charge in [-0.25, -0.2) is 0 Å². The molecule has 126 valence electrons. The summed E-state index contributed by atoms with van der Waals surface area (Å²) in [4.78, 5) is 24.9. The molecule has 1 saturated heterocycles. The highest BCUT2D eigenvalue weighted by atomic mass is 19.4. The zero-order chi connectivity index (χ0) is 17.0. The van der Waals surface area contributed by atoms with Gasteiger partial charge in [0.15, 0.2) is 0 Å². The van der Waals surface area contributed by atoms with E-state index >= 15 is 0 Å². The van der Waals surface area contributed by atoms with E-state index in [-0.39, 0.29) is 11.5 Å². The molecule has 8 heteroatoms. The van der Waals surface area contributed by atoms with Crippen LogP contribution >= 0.6 is 0 Å². The number of rotatable bonds is 5. The van der Waals surface area contributed by atoms with E-state index in [0.29, 0.717) is 13.0 Å². The van der Waals surface area contributed by atoms with Crippen LogP contribution in [0.4, 0.5) is 13.2 Å². The molecule has 2 rings (SSSR count). The Kier molecular flexibility index (Phi) is 5.25. The number of likely N-dealkylation sites (N-methyl/N-ethyl adjacent to an activating group) is 1. The van der Waals surface area contributed by atoms with E-state index in [1.807, 2.05) is 0 Å². The van der Waals surface area contributed by atoms with Crippen LogP contribution in [0.3, 0.4) is 0 Å². The van der Waals surface area contributed by atoms with Gasteiger partial charge in [-0.1, -0.05) is 30.3 Å². The number of likely N-dealkylation sites (tertiary alicyclic amines) is 1. The zero-order valence-corrected chi connectivity index (χ0v) is 12.6. The molecule has 0 aromatic heterocycles. The van der Waals surface area contributed by atoms with E-state index in [1.54, 1.807) is 13.1 Å². The maximum Gasteiger partial charge on any atom is 0.407 e. The van der Waals surface area contributed by atoms with Gasteiger partial charge in [0.1, 0.15) is 12.1 Å². The normalized spacial score (nSPS) is 19.7. The predicted molar refractivity (Wildman–Crippen MR) is 77.4 cm³/mol. The van der Waals surface area contributed by atoms with Gasteiger partial charge in [0, 0.05) is 13.6 Å². The van der Waals surface area contributed by atoms with Crippen LogP contribution in [0.2, 0.25) is 0 Å². The van der Waals surface area contributed by atoms with E-state index in [9.17, 15) is 22.8 Å². The average molecular weight is 329 g/mol. The first kappa shape index (κ1) is 17.3. The van der Waals surface area contributed by atoms with Gasteiger partial charge in [-0.3, -0.25) is 14.9 Å². The quantitative estimate of drug-likeness (QED) is 0.854. The monoisotopic (exact) mass is 329 g/mol. The summed E-state index contributed by atoms with van der Waals surface area (Å²) in [6.45, 7) is -0.00103. The van der Waals surface area contributed by atoms with Crippen molar-refractivity contribution in [1.29, 1.82) is 0 Å². The third-order valence-corrected chi connectivity index (χ3v) is 3.69. The van der Waals surface area contributed by atoms with Crippen molar-refractivity contribution in [3.05, 3.63) is 35.9 Å². The predicted octanol–water partition coefficient (Wildman–Crippen LogP) is 1.23. The van der Waals surface area contributed by atoms with E-state index < -0.39 is 30.7 Å². The topological polar surface area (TPSA) is 61.4 Å². The van der Waals surface area contributed by atoms with Crippen molar-refractivity contribution in [2.24, 2.45) is 0 Å². The van der Waals surface area contributed by atoms with Gasteiger partial charge in [0.25, 0.3) is 0 Å². The van der Waals surface area contributed by atoms with Crippen molar-refractivity contribution in [3.63, 3.8) is 0 Å². The number of carbonyl (C=O) groups is 2. The summed E-state index contributed by atoms with van der Waals surface area (Å²) in [5.41, 5.74) is 0.0319. The van der Waals surface area contributed by atoms with Crippen molar-refractivity contribution >= 4 is 11.8 Å². The Morgan fingerprint density at radius 3 is 2.52 bits per heavy atom. The van der Waals surface area contributed by atoms with Crippen molar-refractivity contribution in [3.8, 4) is 0 Å². The second kappa shape index (κ2) is 6.99. The fourth-order valence-electron chi connectivity index (χ4n) is 2.46. The highest BCUT2D eigenvalue weighted by molar-refractivity contribution is 5.89. The Balaban J connectivity index is 1.94. The Morgan fingerprint density at radius 1 is 1.35 bits per heavy atom. The molecule has 1 heterocycles. The van der Waals surface area contributed by atoms with Crippen molar-refractivity contribution in [2.75, 3.05) is 20.1 Å². The van der Waals surface area contributed by atoms with Crippen molar-refractivity contribution in [2.45, 2.75) is 24.7 Å². The summed E-state index contributed by atoms with van der Waals surface area (Å²) < 4.78 is 39.4. The van der Waals surface area contributed by atoms with Crippen LogP contribution in [0.5, 0.6) is 0 Å². The van der Waals surface area contributed by atoms with Gasteiger partial charge in [-0.05, 0) is 12.0 Å². The van der Waals surface area contributed by atoms with Crippen LogP contribution < -0.4 is 10.6 Å². The lowest BCUT2D eigenvalue weighted by Gasteiger charge is -2.22. The first-order valence-electron chi connectivity index (χ1n) is 7.18. The third-order valence-electron chi connectivity index (χ3n) is 3.69. The molecule has 23 heavy (non-hydrogen) atoms. The van der Waals surface area contributed by atoms with Gasteiger partial charge in [0.2, 0.25) is 11.8 Å². The molecule has 1 aromatic rings. The molecule has 1 aliphatic rings. The van der Waals surface area contributed by atoms with Crippen LogP contribution in [-0.4, -0.2) is 49.1 Å². The summed E-state index contributed by atoms with van der Waals surface area (Å²) >= 11 is 0. The fraction of sp³-hybridized carbons (Fsp3) is 0.467. The number of hydrogen-bond acceptors (Lipinski definition) is 3. The minimum Gasteiger partial charge on any atom is -0.344 e. The second-order valence-electron chi connectivity index (χ2n) is 5.43. The highest BCUT2D eigenvalue weighted by Crippen LogP contribution is 2.32. The number of amides is 2. The summed E-state index contributed by atoms with van der Waals surface area (Å²) in [7, 11) is 1.61. The van der Waals surface area contributed by atoms with Crippen LogP contribution in [0, 0.1) is 0 Å². The van der Waals surface area contributed by atoms with Crippen LogP contribution in [0.1, 0.15) is 18.0 Å². The number of carbonyl (C=O) groups excluding carboxylic acids is 2. The molecule has 2 N–H and O–H groups in total. The average Bonchev–Trinajstić information content (AvgIpc) is 2.79. The number of hydrogen-bond donors (Lipinski definition) is 2. The summed E-state index contributed by atoms with van der Waals surface area (Å²) in [5, 5.41) is 4.67. The van der Waals surface area contributed by atoms with Crippen LogP contribution in [-0.2, 0) is 9.59 Å². The maximum absolute atomic E-state index is 13.1. The highest BCUT2D eigenvalue weighted by Gasteiger charge is 2.40. The second-order valence-corrected chi connectivity index (χ2v) is 5.43. The Bertz CT molecular complexity index is 563. The smallest absolute Gasteiger partial charge is 0.344 e. The number of halogens is 3. The molecular formula is C15H18F3N3O2. The number of benzene rings is 1. The minimum absolute atomic E-state index is 0.0319. The largest absolute Gasteiger partial charge is 0.407 e. The van der Waals surface area contributed by atoms with Crippen molar-refractivity contribution in [1.82, 2.24) is 15.5 Å². The van der Waals surface area contributed by atoms with E-state index in [1.165, 1.54) is 29.2 Å². The fourth-order valence-corrected chi connectivity index (χ4v) is 2.46. The molecule has 2 amide bonds. The Hall–Kier alpha value is -2.09. The molecule has 0 saturated carbocycles. The van der Waals surface area contributed by atoms with Gasteiger partial charge < -0.3 is 10.2 Å². The van der Waals surface area contributed by atoms with E-state index in [0.717, 1.165) is 0 Å². The maximum atomic E-state index is 13.1. The standard InChI is InChI=1S/C15H18F3N3O2/c1-21-8-7-11(14(21)23)20-12(22)9-19-13(15(16,17)18)10-5-3-2-4-6-10/h2-6,11,13,19H,7-9H2,1H3,(H,20,22)/t11-,13+/m1/s1. The number of nitrogens with zero attached hydrogens (tertiary/aromatic N) is 1. The number of alkyl halides is 3. The first-order valence-corrected chi connectivity index (χ1v) is 7.18. The molecular weight excluding hydrogens is 311 g/mol. The zero-order valence-electron chi connectivity index (χ0n) is 12.6. The van der Waals surface area contributed by atoms with E-state index in [2.05, 4.69) is 10.6 Å². The summed E-state index contributed by atoms with van der Waals surface area (Å²) in [6, 6.07) is 4.72. The number of nitrogens with one attached hydrogen (secondary N) is 2. The van der Waals surface area contributed by atoms with Gasteiger partial charge >= 0.3 is 6.18 Å². The summed E-state index contributed by atoms with van der Waals surface area (Å²) in [6.07, 6.45) is -4.06. The first-order chi connectivity index (χ1) is 10.8. The Morgan fingerprint density at radius 2 is 2.00 bits per heavy atom. The molecule has 5 nitrogen and oxygen atoms in total. The van der Waals surface area contributed by atoms with Gasteiger partial charge in [0.05, 0.1) is 6.54 Å². The molecule has 0 radical (unpaired) electrons. The van der Waals surface area contributed by atoms with Gasteiger partial charge in [-0.2, -0.15) is 13.2 Å². The van der Waals surface area contributed by atoms with E-state index in [4.69, 9.17) is 0 Å². The SMILES string of the molecule is CN1CC[C@@H](NC(=O)CN[C@@H](c2ccccc2)C(F)(F)F)C1=O. The third kappa shape index (κ3) is 4.44. The minimum atomic E-state index is -4.52. The lowest BCUT2D eigenvalue weighted by Crippen LogP contribution is -2.46. The van der Waals surface area contributed by atoms with Crippen molar-refractivity contribution < 1.29 is 22.8 Å². The molecule has 0 spiro atoms. The summed E-state index contributed by atoms with van der Waals surface area (Å²) in [5.74, 6) is -0.863. The molecule has 1 fully saturated rings. The Labute approximate surface area is 131 Å².